The Balaban J connectivity index is 4.13. The minimum Gasteiger partial charge on any atom is -0.481 e. The third kappa shape index (κ3) is 7.85. The number of amides is 1. The van der Waals surface area contributed by atoms with Gasteiger partial charge in [-0.25, -0.2) is 0 Å². The Bertz CT molecular complexity index is 342. The van der Waals surface area contributed by atoms with Gasteiger partial charge in [-0.1, -0.05) is 13.8 Å². The molecule has 0 atom stereocenters. The second-order valence-corrected chi connectivity index (χ2v) is 3.87. The van der Waals surface area contributed by atoms with Crippen LogP contribution in [0.1, 0.15) is 20.3 Å². The van der Waals surface area contributed by atoms with Crippen LogP contribution in [-0.4, -0.2) is 30.1 Å². The van der Waals surface area contributed by atoms with Crippen LogP contribution in [0.5, 0.6) is 0 Å². The molecule has 0 spiro atoms. The second kappa shape index (κ2) is 8.16. The Labute approximate surface area is 100 Å². The monoisotopic (exact) mass is 239 g/mol. The lowest BCUT2D eigenvalue weighted by Gasteiger charge is -2.05. The minimum absolute atomic E-state index is 0.0113. The molecule has 0 aliphatic carbocycles. The van der Waals surface area contributed by atoms with Crippen molar-refractivity contribution in [1.82, 2.24) is 10.6 Å². The molecule has 6 heteroatoms. The molecule has 0 bridgehead atoms. The third-order valence-electron chi connectivity index (χ3n) is 1.76. The van der Waals surface area contributed by atoms with Crippen molar-refractivity contribution in [3.63, 3.8) is 0 Å². The molecular formula is C11H17N3O3. The Kier molecular flexibility index (Phi) is 7.19. The predicted octanol–water partition coefficient (Wildman–Crippen LogP) is 0.230. The van der Waals surface area contributed by atoms with E-state index in [2.05, 4.69) is 10.6 Å². The first-order valence-corrected chi connectivity index (χ1v) is 5.31. The van der Waals surface area contributed by atoms with Crippen LogP contribution in [0.3, 0.4) is 0 Å². The minimum atomic E-state index is -0.995. The maximum Gasteiger partial charge on any atom is 0.305 e. The molecule has 0 heterocycles. The van der Waals surface area contributed by atoms with E-state index in [4.69, 9.17) is 10.4 Å². The van der Waals surface area contributed by atoms with Crippen LogP contribution in [0.15, 0.2) is 11.8 Å². The van der Waals surface area contributed by atoms with E-state index in [9.17, 15) is 9.59 Å². The summed E-state index contributed by atoms with van der Waals surface area (Å²) in [6, 6.07) is 1.75. The van der Waals surface area contributed by atoms with E-state index < -0.39 is 11.9 Å². The summed E-state index contributed by atoms with van der Waals surface area (Å²) in [6.45, 7) is 4.67. The summed E-state index contributed by atoms with van der Waals surface area (Å²) >= 11 is 0. The van der Waals surface area contributed by atoms with E-state index >= 15 is 0 Å². The number of carboxylic acid groups (broad SMARTS) is 1. The summed E-state index contributed by atoms with van der Waals surface area (Å²) in [5.74, 6) is -1.16. The molecule has 1 amide bonds. The Hall–Kier alpha value is -2.03. The number of aliphatic carboxylic acids is 1. The van der Waals surface area contributed by atoms with E-state index in [-0.39, 0.29) is 18.5 Å². The standard InChI is InChI=1S/C11H17N3O3/c1-8(2)6-13-7-9(5-12)11(17)14-4-3-10(15)16/h7-8,13H,3-4,6H2,1-2H3,(H,14,17)(H,15,16)/b9-7-. The molecular weight excluding hydrogens is 222 g/mol. The lowest BCUT2D eigenvalue weighted by Crippen LogP contribution is -2.28. The van der Waals surface area contributed by atoms with Crippen molar-refractivity contribution >= 4 is 11.9 Å². The molecule has 0 saturated carbocycles. The summed E-state index contributed by atoms with van der Waals surface area (Å²) < 4.78 is 0. The number of nitrogens with one attached hydrogen (secondary N) is 2. The number of rotatable bonds is 7. The van der Waals surface area contributed by atoms with Crippen LogP contribution in [0.25, 0.3) is 0 Å². The first kappa shape index (κ1) is 15.0. The van der Waals surface area contributed by atoms with E-state index in [1.54, 1.807) is 6.07 Å². The lowest BCUT2D eigenvalue weighted by molar-refractivity contribution is -0.136. The number of hydrogen-bond acceptors (Lipinski definition) is 4. The van der Waals surface area contributed by atoms with Gasteiger partial charge in [-0.05, 0) is 5.92 Å². The van der Waals surface area contributed by atoms with Crippen molar-refractivity contribution in [3.8, 4) is 6.07 Å². The maximum absolute atomic E-state index is 11.4. The van der Waals surface area contributed by atoms with Gasteiger partial charge >= 0.3 is 5.97 Å². The molecule has 0 aromatic heterocycles. The molecule has 0 fully saturated rings. The van der Waals surface area contributed by atoms with Gasteiger partial charge in [0, 0.05) is 19.3 Å². The largest absolute Gasteiger partial charge is 0.481 e. The van der Waals surface area contributed by atoms with Gasteiger partial charge in [-0.3, -0.25) is 9.59 Å². The van der Waals surface area contributed by atoms with Gasteiger partial charge in [0.1, 0.15) is 11.6 Å². The molecule has 0 aliphatic heterocycles. The maximum atomic E-state index is 11.4. The van der Waals surface area contributed by atoms with Gasteiger partial charge in [0.05, 0.1) is 6.42 Å². The summed E-state index contributed by atoms with van der Waals surface area (Å²) in [5, 5.41) is 22.3. The predicted molar refractivity (Wildman–Crippen MR) is 61.8 cm³/mol. The molecule has 6 nitrogen and oxygen atoms in total. The summed E-state index contributed by atoms with van der Waals surface area (Å²) in [5.41, 5.74) is -0.0592. The Morgan fingerprint density at radius 3 is 2.59 bits per heavy atom. The molecule has 3 N–H and O–H groups in total. The lowest BCUT2D eigenvalue weighted by atomic mass is 10.2. The van der Waals surface area contributed by atoms with E-state index in [1.807, 2.05) is 13.8 Å². The van der Waals surface area contributed by atoms with Crippen molar-refractivity contribution in [1.29, 1.82) is 5.26 Å². The topological polar surface area (TPSA) is 102 Å². The molecule has 0 saturated heterocycles. The quantitative estimate of drug-likeness (QED) is 0.436. The molecule has 94 valence electrons. The van der Waals surface area contributed by atoms with Gasteiger partial charge in [0.25, 0.3) is 5.91 Å². The first-order chi connectivity index (χ1) is 7.97. The third-order valence-corrected chi connectivity index (χ3v) is 1.76. The average Bonchev–Trinajstić information content (AvgIpc) is 2.23. The zero-order valence-electron chi connectivity index (χ0n) is 9.99. The molecule has 0 aromatic rings. The van der Waals surface area contributed by atoms with Crippen molar-refractivity contribution in [2.75, 3.05) is 13.1 Å². The normalized spacial score (nSPS) is 10.8. The smallest absolute Gasteiger partial charge is 0.305 e. The number of carboxylic acids is 1. The summed E-state index contributed by atoms with van der Waals surface area (Å²) in [7, 11) is 0. The number of nitrogens with zero attached hydrogens (tertiary/aromatic N) is 1. The number of hydrogen-bond donors (Lipinski definition) is 3. The summed E-state index contributed by atoms with van der Waals surface area (Å²) in [4.78, 5) is 21.6. The fourth-order valence-electron chi connectivity index (χ4n) is 0.923. The average molecular weight is 239 g/mol. The zero-order chi connectivity index (χ0) is 13.3. The Morgan fingerprint density at radius 2 is 2.12 bits per heavy atom. The van der Waals surface area contributed by atoms with Crippen LogP contribution < -0.4 is 10.6 Å². The summed E-state index contributed by atoms with van der Waals surface area (Å²) in [6.07, 6.45) is 1.18. The van der Waals surface area contributed by atoms with Gasteiger partial charge in [-0.2, -0.15) is 5.26 Å². The number of carbonyl (C=O) groups excluding carboxylic acids is 1. The van der Waals surface area contributed by atoms with Crippen LogP contribution in [-0.2, 0) is 9.59 Å². The number of nitriles is 1. The van der Waals surface area contributed by atoms with E-state index in [1.165, 1.54) is 6.20 Å². The fraction of sp³-hybridized carbons (Fsp3) is 0.545. The second-order valence-electron chi connectivity index (χ2n) is 3.87. The highest BCUT2D eigenvalue weighted by molar-refractivity contribution is 5.97. The highest BCUT2D eigenvalue weighted by Gasteiger charge is 2.08. The first-order valence-electron chi connectivity index (χ1n) is 5.31. The highest BCUT2D eigenvalue weighted by atomic mass is 16.4. The van der Waals surface area contributed by atoms with Gasteiger partial charge in [0.2, 0.25) is 0 Å². The molecule has 0 aliphatic rings. The van der Waals surface area contributed by atoms with Crippen molar-refractivity contribution in [2.24, 2.45) is 5.92 Å². The van der Waals surface area contributed by atoms with E-state index in [0.29, 0.717) is 12.5 Å². The van der Waals surface area contributed by atoms with Crippen molar-refractivity contribution < 1.29 is 14.7 Å². The van der Waals surface area contributed by atoms with Crippen LogP contribution >= 0.6 is 0 Å². The van der Waals surface area contributed by atoms with Gasteiger partial charge in [-0.15, -0.1) is 0 Å². The number of carbonyl (C=O) groups is 2. The zero-order valence-corrected chi connectivity index (χ0v) is 9.99. The molecule has 17 heavy (non-hydrogen) atoms. The Morgan fingerprint density at radius 1 is 1.47 bits per heavy atom. The molecule has 0 unspecified atom stereocenters. The SMILES string of the molecule is CC(C)CN/C=C(/C#N)C(=O)NCCC(=O)O. The van der Waals surface area contributed by atoms with Gasteiger partial charge in [0.15, 0.2) is 0 Å². The molecule has 0 radical (unpaired) electrons. The van der Waals surface area contributed by atoms with Crippen LogP contribution in [0, 0.1) is 17.2 Å². The van der Waals surface area contributed by atoms with Crippen molar-refractivity contribution in [3.05, 3.63) is 11.8 Å². The van der Waals surface area contributed by atoms with E-state index in [0.717, 1.165) is 0 Å². The highest BCUT2D eigenvalue weighted by Crippen LogP contribution is 1.93. The molecule has 0 aromatic carbocycles. The fourth-order valence-corrected chi connectivity index (χ4v) is 0.923. The van der Waals surface area contributed by atoms with Crippen LogP contribution in [0.2, 0.25) is 0 Å². The molecule has 0 rings (SSSR count). The van der Waals surface area contributed by atoms with Crippen LogP contribution in [0.4, 0.5) is 0 Å². The van der Waals surface area contributed by atoms with Gasteiger partial charge < -0.3 is 15.7 Å². The van der Waals surface area contributed by atoms with Crippen molar-refractivity contribution in [2.45, 2.75) is 20.3 Å².